The van der Waals surface area contributed by atoms with E-state index in [0.29, 0.717) is 6.04 Å². The molecular formula is C18H24BrNS. The summed E-state index contributed by atoms with van der Waals surface area (Å²) in [4.78, 5) is 1.41. The van der Waals surface area contributed by atoms with Crippen molar-refractivity contribution in [3.05, 3.63) is 56.2 Å². The molecule has 2 rings (SSSR count). The van der Waals surface area contributed by atoms with Crippen molar-refractivity contribution in [3.63, 3.8) is 0 Å². The van der Waals surface area contributed by atoms with E-state index in [4.69, 9.17) is 0 Å². The van der Waals surface area contributed by atoms with E-state index in [-0.39, 0.29) is 5.41 Å². The summed E-state index contributed by atoms with van der Waals surface area (Å²) in [6.07, 6.45) is 1.04. The summed E-state index contributed by atoms with van der Waals surface area (Å²) in [7, 11) is 0. The second-order valence-electron chi connectivity index (χ2n) is 6.39. The van der Waals surface area contributed by atoms with E-state index < -0.39 is 0 Å². The lowest BCUT2D eigenvalue weighted by Crippen LogP contribution is -2.23. The minimum absolute atomic E-state index is 0.213. The lowest BCUT2D eigenvalue weighted by Gasteiger charge is -2.22. The maximum absolute atomic E-state index is 3.61. The summed E-state index contributed by atoms with van der Waals surface area (Å²) in [6, 6.07) is 13.8. The zero-order valence-electron chi connectivity index (χ0n) is 13.2. The number of likely N-dealkylation sites (N-methyl/N-ethyl adjacent to an activating group) is 1. The second-order valence-corrected chi connectivity index (χ2v) is 8.94. The van der Waals surface area contributed by atoms with Crippen LogP contribution in [0.4, 0.5) is 0 Å². The maximum Gasteiger partial charge on any atom is 0.0701 e. The fraction of sp³-hybridized carbons (Fsp3) is 0.444. The molecule has 3 heteroatoms. The second kappa shape index (κ2) is 7.08. The van der Waals surface area contributed by atoms with Gasteiger partial charge in [0.25, 0.3) is 0 Å². The zero-order valence-corrected chi connectivity index (χ0v) is 15.6. The molecule has 1 aromatic heterocycles. The molecule has 0 bridgehead atoms. The molecule has 0 saturated heterocycles. The van der Waals surface area contributed by atoms with Gasteiger partial charge in [0.2, 0.25) is 0 Å². The summed E-state index contributed by atoms with van der Waals surface area (Å²) in [5, 5.41) is 3.61. The number of nitrogens with one attached hydrogen (secondary N) is 1. The first-order valence-corrected chi connectivity index (χ1v) is 9.09. The van der Waals surface area contributed by atoms with E-state index >= 15 is 0 Å². The third-order valence-electron chi connectivity index (χ3n) is 3.66. The Bertz CT molecular complexity index is 566. The monoisotopic (exact) mass is 365 g/mol. The van der Waals surface area contributed by atoms with Crippen molar-refractivity contribution in [3.8, 4) is 0 Å². The largest absolute Gasteiger partial charge is 0.310 e. The highest BCUT2D eigenvalue weighted by Crippen LogP contribution is 2.28. The molecule has 0 aliphatic rings. The van der Waals surface area contributed by atoms with E-state index in [9.17, 15) is 0 Å². The molecule has 2 aromatic rings. The Morgan fingerprint density at radius 1 is 1.10 bits per heavy atom. The Morgan fingerprint density at radius 3 is 2.24 bits per heavy atom. The predicted octanol–water partition coefficient (Wildman–Crippen LogP) is 5.70. The number of halogens is 1. The van der Waals surface area contributed by atoms with Gasteiger partial charge in [-0.15, -0.1) is 11.3 Å². The van der Waals surface area contributed by atoms with Crippen LogP contribution in [0, 0.1) is 0 Å². The standard InChI is InChI=1S/C18H24BrNS/c1-5-20-16(12-15-10-11-17(19)21-15)13-6-8-14(9-7-13)18(2,3)4/h6-11,16,20H,5,12H2,1-4H3. The van der Waals surface area contributed by atoms with Gasteiger partial charge in [-0.1, -0.05) is 52.0 Å². The Labute approximate surface area is 140 Å². The van der Waals surface area contributed by atoms with Crippen LogP contribution in [0.25, 0.3) is 0 Å². The first kappa shape index (κ1) is 16.7. The van der Waals surface area contributed by atoms with Gasteiger partial charge in [0.05, 0.1) is 3.79 Å². The average Bonchev–Trinajstić information content (AvgIpc) is 2.83. The molecule has 1 aromatic carbocycles. The molecule has 1 heterocycles. The molecule has 0 amide bonds. The summed E-state index contributed by atoms with van der Waals surface area (Å²) < 4.78 is 1.20. The van der Waals surface area contributed by atoms with Crippen molar-refractivity contribution < 1.29 is 0 Å². The molecule has 1 nitrogen and oxygen atoms in total. The lowest BCUT2D eigenvalue weighted by molar-refractivity contribution is 0.550. The molecule has 1 N–H and O–H groups in total. The summed E-state index contributed by atoms with van der Waals surface area (Å²) in [6.45, 7) is 9.92. The highest BCUT2D eigenvalue weighted by molar-refractivity contribution is 9.11. The van der Waals surface area contributed by atoms with Gasteiger partial charge in [-0.25, -0.2) is 0 Å². The molecule has 0 saturated carbocycles. The van der Waals surface area contributed by atoms with Gasteiger partial charge in [-0.2, -0.15) is 0 Å². The molecule has 0 aliphatic heterocycles. The highest BCUT2D eigenvalue weighted by atomic mass is 79.9. The van der Waals surface area contributed by atoms with Gasteiger partial charge in [-0.05, 0) is 51.1 Å². The molecule has 0 spiro atoms. The van der Waals surface area contributed by atoms with Crippen LogP contribution in [0.1, 0.15) is 49.7 Å². The molecular weight excluding hydrogens is 342 g/mol. The van der Waals surface area contributed by atoms with Crippen LogP contribution in [0.5, 0.6) is 0 Å². The molecule has 1 atom stereocenters. The van der Waals surface area contributed by atoms with Crippen molar-refractivity contribution in [2.45, 2.75) is 45.6 Å². The fourth-order valence-corrected chi connectivity index (χ4v) is 3.96. The maximum atomic E-state index is 3.61. The summed E-state index contributed by atoms with van der Waals surface area (Å²) >= 11 is 5.37. The Hall–Kier alpha value is -0.640. The summed E-state index contributed by atoms with van der Waals surface area (Å²) in [5.74, 6) is 0. The van der Waals surface area contributed by atoms with Gasteiger partial charge in [0.15, 0.2) is 0 Å². The molecule has 1 unspecified atom stereocenters. The zero-order chi connectivity index (χ0) is 15.5. The van der Waals surface area contributed by atoms with Crippen LogP contribution >= 0.6 is 27.3 Å². The third-order valence-corrected chi connectivity index (χ3v) is 5.31. The van der Waals surface area contributed by atoms with Crippen molar-refractivity contribution >= 4 is 27.3 Å². The topological polar surface area (TPSA) is 12.0 Å². The Balaban J connectivity index is 2.17. The minimum Gasteiger partial charge on any atom is -0.310 e. The van der Waals surface area contributed by atoms with Gasteiger partial charge in [0.1, 0.15) is 0 Å². The van der Waals surface area contributed by atoms with E-state index in [1.807, 2.05) is 11.3 Å². The normalized spacial score (nSPS) is 13.4. The SMILES string of the molecule is CCNC(Cc1ccc(Br)s1)c1ccc(C(C)(C)C)cc1. The number of benzene rings is 1. The highest BCUT2D eigenvalue weighted by Gasteiger charge is 2.16. The van der Waals surface area contributed by atoms with Crippen LogP contribution < -0.4 is 5.32 Å². The van der Waals surface area contributed by atoms with Crippen molar-refractivity contribution in [1.29, 1.82) is 0 Å². The molecule has 0 fully saturated rings. The fourth-order valence-electron chi connectivity index (χ4n) is 2.43. The first-order valence-electron chi connectivity index (χ1n) is 7.48. The predicted molar refractivity (Wildman–Crippen MR) is 97.3 cm³/mol. The Kier molecular flexibility index (Phi) is 5.64. The van der Waals surface area contributed by atoms with Crippen LogP contribution in [0.2, 0.25) is 0 Å². The van der Waals surface area contributed by atoms with Crippen LogP contribution in [-0.2, 0) is 11.8 Å². The Morgan fingerprint density at radius 2 is 1.76 bits per heavy atom. The van der Waals surface area contributed by atoms with E-state index in [0.717, 1.165) is 13.0 Å². The van der Waals surface area contributed by atoms with Crippen molar-refractivity contribution in [2.24, 2.45) is 0 Å². The number of hydrogen-bond acceptors (Lipinski definition) is 2. The van der Waals surface area contributed by atoms with Crippen LogP contribution in [0.3, 0.4) is 0 Å². The quantitative estimate of drug-likeness (QED) is 0.716. The molecule has 0 radical (unpaired) electrons. The third kappa shape index (κ3) is 4.67. The smallest absolute Gasteiger partial charge is 0.0701 e. The average molecular weight is 366 g/mol. The van der Waals surface area contributed by atoms with Crippen molar-refractivity contribution in [1.82, 2.24) is 5.32 Å². The van der Waals surface area contributed by atoms with Crippen LogP contribution in [0.15, 0.2) is 40.2 Å². The van der Waals surface area contributed by atoms with Gasteiger partial charge in [0, 0.05) is 17.3 Å². The van der Waals surface area contributed by atoms with Gasteiger partial charge < -0.3 is 5.32 Å². The van der Waals surface area contributed by atoms with Crippen molar-refractivity contribution in [2.75, 3.05) is 6.54 Å². The lowest BCUT2D eigenvalue weighted by atomic mass is 9.86. The van der Waals surface area contributed by atoms with Gasteiger partial charge >= 0.3 is 0 Å². The molecule has 21 heavy (non-hydrogen) atoms. The molecule has 0 aliphatic carbocycles. The minimum atomic E-state index is 0.213. The van der Waals surface area contributed by atoms with E-state index in [2.05, 4.69) is 85.3 Å². The van der Waals surface area contributed by atoms with Gasteiger partial charge in [-0.3, -0.25) is 0 Å². The number of rotatable bonds is 5. The number of hydrogen-bond donors (Lipinski definition) is 1. The van der Waals surface area contributed by atoms with Crippen LogP contribution in [-0.4, -0.2) is 6.54 Å². The van der Waals surface area contributed by atoms with E-state index in [1.165, 1.54) is 19.8 Å². The first-order chi connectivity index (χ1) is 9.90. The van der Waals surface area contributed by atoms with E-state index in [1.54, 1.807) is 0 Å². The number of thiophene rings is 1. The molecule has 114 valence electrons. The summed E-state index contributed by atoms with van der Waals surface area (Å²) in [5.41, 5.74) is 2.97.